The summed E-state index contributed by atoms with van der Waals surface area (Å²) < 4.78 is 24.8. The fourth-order valence-electron chi connectivity index (χ4n) is 3.04. The van der Waals surface area contributed by atoms with Crippen molar-refractivity contribution in [2.24, 2.45) is 0 Å². The first-order valence-corrected chi connectivity index (χ1v) is 8.44. The highest BCUT2D eigenvalue weighted by molar-refractivity contribution is 5.76. The molecule has 1 fully saturated rings. The molecule has 0 saturated carbocycles. The molecule has 1 aliphatic rings. The summed E-state index contributed by atoms with van der Waals surface area (Å²) in [5, 5.41) is 0. The zero-order chi connectivity index (χ0) is 17.6. The average Bonchev–Trinajstić information content (AvgIpc) is 2.66. The number of halogens is 1. The van der Waals surface area contributed by atoms with Crippen LogP contribution in [0, 0.1) is 5.82 Å². The number of amides is 1. The van der Waals surface area contributed by atoms with Gasteiger partial charge in [0.15, 0.2) is 0 Å². The Balaban J connectivity index is 1.59. The molecule has 4 nitrogen and oxygen atoms in total. The highest BCUT2D eigenvalue weighted by atomic mass is 19.1. The molecule has 0 bridgehead atoms. The lowest BCUT2D eigenvalue weighted by Gasteiger charge is -2.33. The van der Waals surface area contributed by atoms with Crippen LogP contribution in [0.4, 0.5) is 4.39 Å². The molecule has 0 aliphatic carbocycles. The predicted octanol–water partition coefficient (Wildman–Crippen LogP) is 3.37. The lowest BCUT2D eigenvalue weighted by Crippen LogP contribution is -2.42. The summed E-state index contributed by atoms with van der Waals surface area (Å²) >= 11 is 0. The van der Waals surface area contributed by atoms with Crippen molar-refractivity contribution in [1.82, 2.24) is 4.90 Å². The van der Waals surface area contributed by atoms with Crippen molar-refractivity contribution in [2.45, 2.75) is 18.9 Å². The second-order valence-corrected chi connectivity index (χ2v) is 6.07. The number of carbonyl (C=O) groups is 1. The van der Waals surface area contributed by atoms with Crippen LogP contribution in [-0.2, 0) is 16.0 Å². The lowest BCUT2D eigenvalue weighted by molar-refractivity contribution is -0.139. The molecule has 1 amide bonds. The molecule has 1 atom stereocenters. The van der Waals surface area contributed by atoms with Gasteiger partial charge in [-0.05, 0) is 30.2 Å². The van der Waals surface area contributed by atoms with E-state index < -0.39 is 6.10 Å². The Hall–Kier alpha value is -2.40. The van der Waals surface area contributed by atoms with E-state index in [4.69, 9.17) is 9.47 Å². The van der Waals surface area contributed by atoms with Gasteiger partial charge in [-0.2, -0.15) is 0 Å². The minimum Gasteiger partial charge on any atom is -0.497 e. The molecule has 132 valence electrons. The number of carbonyl (C=O) groups excluding carboxylic acids is 1. The number of methoxy groups -OCH3 is 1. The van der Waals surface area contributed by atoms with Crippen molar-refractivity contribution in [2.75, 3.05) is 26.8 Å². The van der Waals surface area contributed by atoms with Gasteiger partial charge in [0.25, 0.3) is 0 Å². The van der Waals surface area contributed by atoms with E-state index in [0.29, 0.717) is 38.1 Å². The lowest BCUT2D eigenvalue weighted by atomic mass is 10.1. The summed E-state index contributed by atoms with van der Waals surface area (Å²) in [5.41, 5.74) is 1.57. The third-order valence-electron chi connectivity index (χ3n) is 4.43. The summed E-state index contributed by atoms with van der Waals surface area (Å²) in [4.78, 5) is 14.3. The summed E-state index contributed by atoms with van der Waals surface area (Å²) in [5.74, 6) is 0.557. The molecule has 0 spiro atoms. The molecule has 25 heavy (non-hydrogen) atoms. The first kappa shape index (κ1) is 17.4. The van der Waals surface area contributed by atoms with Gasteiger partial charge in [0.1, 0.15) is 17.7 Å². The van der Waals surface area contributed by atoms with Crippen LogP contribution in [0.5, 0.6) is 5.75 Å². The number of ether oxygens (including phenoxy) is 2. The minimum absolute atomic E-state index is 0.0625. The Bertz CT molecular complexity index is 734. The van der Waals surface area contributed by atoms with Crippen LogP contribution in [-0.4, -0.2) is 37.6 Å². The molecule has 1 saturated heterocycles. The monoisotopic (exact) mass is 343 g/mol. The van der Waals surface area contributed by atoms with E-state index in [1.165, 1.54) is 6.07 Å². The van der Waals surface area contributed by atoms with Crippen molar-refractivity contribution < 1.29 is 18.7 Å². The molecule has 2 aromatic rings. The van der Waals surface area contributed by atoms with Crippen molar-refractivity contribution in [3.05, 3.63) is 65.5 Å². The van der Waals surface area contributed by atoms with E-state index in [9.17, 15) is 9.18 Å². The first-order chi connectivity index (χ1) is 12.2. The number of rotatable bonds is 5. The number of morpholine rings is 1. The first-order valence-electron chi connectivity index (χ1n) is 8.44. The molecular formula is C20H22FNO3. The van der Waals surface area contributed by atoms with Gasteiger partial charge in [-0.25, -0.2) is 4.39 Å². The predicted molar refractivity (Wildman–Crippen MR) is 93.0 cm³/mol. The van der Waals surface area contributed by atoms with Gasteiger partial charge in [0.2, 0.25) is 5.91 Å². The zero-order valence-electron chi connectivity index (χ0n) is 14.3. The fourth-order valence-corrected chi connectivity index (χ4v) is 3.04. The molecule has 3 rings (SSSR count). The molecule has 1 heterocycles. The quantitative estimate of drug-likeness (QED) is 0.835. The maximum absolute atomic E-state index is 13.9. The smallest absolute Gasteiger partial charge is 0.223 e. The largest absolute Gasteiger partial charge is 0.497 e. The van der Waals surface area contributed by atoms with Gasteiger partial charge < -0.3 is 14.4 Å². The average molecular weight is 343 g/mol. The van der Waals surface area contributed by atoms with Crippen molar-refractivity contribution in [3.8, 4) is 5.75 Å². The number of aryl methyl sites for hydroxylation is 1. The van der Waals surface area contributed by atoms with Gasteiger partial charge in [-0.15, -0.1) is 0 Å². The van der Waals surface area contributed by atoms with Crippen LogP contribution in [0.15, 0.2) is 48.5 Å². The normalized spacial score (nSPS) is 17.4. The molecule has 5 heteroatoms. The van der Waals surface area contributed by atoms with Crippen molar-refractivity contribution >= 4 is 5.91 Å². The van der Waals surface area contributed by atoms with E-state index in [-0.39, 0.29) is 11.7 Å². The van der Waals surface area contributed by atoms with Crippen LogP contribution < -0.4 is 4.74 Å². The van der Waals surface area contributed by atoms with Crippen molar-refractivity contribution in [1.29, 1.82) is 0 Å². The fraction of sp³-hybridized carbons (Fsp3) is 0.350. The summed E-state index contributed by atoms with van der Waals surface area (Å²) in [6.07, 6.45) is 0.658. The van der Waals surface area contributed by atoms with Gasteiger partial charge in [0.05, 0.1) is 20.3 Å². The van der Waals surface area contributed by atoms with Crippen molar-refractivity contribution in [3.63, 3.8) is 0 Å². The van der Waals surface area contributed by atoms with E-state index in [0.717, 1.165) is 11.3 Å². The minimum atomic E-state index is -0.407. The third kappa shape index (κ3) is 4.37. The Labute approximate surface area is 147 Å². The van der Waals surface area contributed by atoms with E-state index in [2.05, 4.69) is 0 Å². The number of hydrogen-bond acceptors (Lipinski definition) is 3. The SMILES string of the molecule is COc1cccc(CCC(=O)N2CCO[C@H](c3ccccc3F)C2)c1. The maximum Gasteiger partial charge on any atom is 0.223 e. The topological polar surface area (TPSA) is 38.8 Å². The molecule has 2 aromatic carbocycles. The van der Waals surface area contributed by atoms with E-state index in [1.807, 2.05) is 24.3 Å². The number of hydrogen-bond donors (Lipinski definition) is 0. The Morgan fingerprint density at radius 2 is 2.12 bits per heavy atom. The number of nitrogens with zero attached hydrogens (tertiary/aromatic N) is 1. The van der Waals surface area contributed by atoms with Crippen LogP contribution >= 0.6 is 0 Å². The van der Waals surface area contributed by atoms with Crippen LogP contribution in [0.2, 0.25) is 0 Å². The highest BCUT2D eigenvalue weighted by Crippen LogP contribution is 2.25. The number of benzene rings is 2. The highest BCUT2D eigenvalue weighted by Gasteiger charge is 2.26. The van der Waals surface area contributed by atoms with Gasteiger partial charge in [0, 0.05) is 18.5 Å². The second kappa shape index (κ2) is 8.12. The maximum atomic E-state index is 13.9. The van der Waals surface area contributed by atoms with Gasteiger partial charge >= 0.3 is 0 Å². The molecule has 0 aromatic heterocycles. The van der Waals surface area contributed by atoms with Gasteiger partial charge in [-0.3, -0.25) is 4.79 Å². The molecule has 0 N–H and O–H groups in total. The molecular weight excluding hydrogens is 321 g/mol. The van der Waals surface area contributed by atoms with Crippen LogP contribution in [0.1, 0.15) is 23.7 Å². The zero-order valence-corrected chi connectivity index (χ0v) is 14.3. The Morgan fingerprint density at radius 1 is 1.28 bits per heavy atom. The standard InChI is InChI=1S/C20H22FNO3/c1-24-16-6-4-5-15(13-16)9-10-20(23)22-11-12-25-19(14-22)17-7-2-3-8-18(17)21/h2-8,13,19H,9-12,14H2,1H3/t19-/m0/s1. The van der Waals surface area contributed by atoms with E-state index >= 15 is 0 Å². The summed E-state index contributed by atoms with van der Waals surface area (Å²) in [6, 6.07) is 14.3. The molecule has 0 unspecified atom stereocenters. The second-order valence-electron chi connectivity index (χ2n) is 6.07. The summed E-state index contributed by atoms with van der Waals surface area (Å²) in [6.45, 7) is 1.35. The Morgan fingerprint density at radius 3 is 2.92 bits per heavy atom. The Kier molecular flexibility index (Phi) is 5.66. The van der Waals surface area contributed by atoms with E-state index in [1.54, 1.807) is 30.2 Å². The van der Waals surface area contributed by atoms with Crippen LogP contribution in [0.3, 0.4) is 0 Å². The summed E-state index contributed by atoms with van der Waals surface area (Å²) in [7, 11) is 1.63. The molecule has 0 radical (unpaired) electrons. The van der Waals surface area contributed by atoms with Crippen LogP contribution in [0.25, 0.3) is 0 Å². The molecule has 1 aliphatic heterocycles. The third-order valence-corrected chi connectivity index (χ3v) is 4.43. The van der Waals surface area contributed by atoms with Gasteiger partial charge in [-0.1, -0.05) is 30.3 Å².